The highest BCUT2D eigenvalue weighted by Gasteiger charge is 2.07. The van der Waals surface area contributed by atoms with E-state index >= 15 is 0 Å². The van der Waals surface area contributed by atoms with E-state index in [0.29, 0.717) is 5.15 Å². The Morgan fingerprint density at radius 2 is 2.06 bits per heavy atom. The molecular formula is C13H15ClN2S. The molecule has 0 saturated carbocycles. The van der Waals surface area contributed by atoms with Crippen LogP contribution in [0.3, 0.4) is 0 Å². The van der Waals surface area contributed by atoms with Gasteiger partial charge in [0.05, 0.1) is 6.04 Å². The van der Waals surface area contributed by atoms with Crippen molar-refractivity contribution in [1.29, 1.82) is 0 Å². The first-order chi connectivity index (χ1) is 8.19. The fourth-order valence-corrected chi connectivity index (χ4v) is 2.56. The lowest BCUT2D eigenvalue weighted by atomic mass is 10.1. The maximum atomic E-state index is 5.79. The number of benzene rings is 1. The van der Waals surface area contributed by atoms with E-state index in [1.54, 1.807) is 0 Å². The van der Waals surface area contributed by atoms with E-state index in [9.17, 15) is 0 Å². The van der Waals surface area contributed by atoms with E-state index in [4.69, 9.17) is 11.6 Å². The third-order valence-electron chi connectivity index (χ3n) is 2.70. The van der Waals surface area contributed by atoms with Gasteiger partial charge in [-0.1, -0.05) is 42.8 Å². The first-order valence-electron chi connectivity index (χ1n) is 5.65. The summed E-state index contributed by atoms with van der Waals surface area (Å²) in [5.74, 6) is 0. The molecule has 0 aliphatic carbocycles. The van der Waals surface area contributed by atoms with Gasteiger partial charge in [0.15, 0.2) is 5.13 Å². The van der Waals surface area contributed by atoms with Gasteiger partial charge in [-0.25, -0.2) is 4.98 Å². The van der Waals surface area contributed by atoms with Crippen LogP contribution in [-0.2, 0) is 6.42 Å². The van der Waals surface area contributed by atoms with Gasteiger partial charge in [0.25, 0.3) is 0 Å². The van der Waals surface area contributed by atoms with Crippen molar-refractivity contribution in [3.05, 3.63) is 45.9 Å². The Kier molecular flexibility index (Phi) is 4.02. The quantitative estimate of drug-likeness (QED) is 0.879. The topological polar surface area (TPSA) is 24.9 Å². The van der Waals surface area contributed by atoms with Gasteiger partial charge in [-0.3, -0.25) is 0 Å². The van der Waals surface area contributed by atoms with Gasteiger partial charge in [-0.15, -0.1) is 11.3 Å². The Hall–Kier alpha value is -1.06. The molecule has 0 radical (unpaired) electrons. The van der Waals surface area contributed by atoms with Crippen LogP contribution in [0.25, 0.3) is 0 Å². The van der Waals surface area contributed by atoms with Crippen LogP contribution in [0.1, 0.15) is 31.0 Å². The molecule has 2 aromatic rings. The number of rotatable bonds is 4. The van der Waals surface area contributed by atoms with Gasteiger partial charge in [0.2, 0.25) is 0 Å². The van der Waals surface area contributed by atoms with Crippen LogP contribution in [0.5, 0.6) is 0 Å². The number of nitrogens with zero attached hydrogens (tertiary/aromatic N) is 1. The largest absolute Gasteiger partial charge is 0.355 e. The summed E-state index contributed by atoms with van der Waals surface area (Å²) in [6.45, 7) is 4.28. The number of anilines is 1. The second kappa shape index (κ2) is 5.52. The molecule has 0 saturated heterocycles. The maximum Gasteiger partial charge on any atom is 0.184 e. The maximum absolute atomic E-state index is 5.79. The van der Waals surface area contributed by atoms with Crippen molar-refractivity contribution in [1.82, 2.24) is 4.98 Å². The predicted molar refractivity (Wildman–Crippen MR) is 75.0 cm³/mol. The lowest BCUT2D eigenvalue weighted by Gasteiger charge is -2.13. The van der Waals surface area contributed by atoms with Crippen LogP contribution >= 0.6 is 22.9 Å². The van der Waals surface area contributed by atoms with Crippen LogP contribution in [0.4, 0.5) is 5.13 Å². The molecule has 1 atom stereocenters. The molecule has 0 aliphatic rings. The molecule has 0 spiro atoms. The monoisotopic (exact) mass is 266 g/mol. The molecule has 4 heteroatoms. The average Bonchev–Trinajstić information content (AvgIpc) is 2.75. The Balaban J connectivity index is 2.06. The summed E-state index contributed by atoms with van der Waals surface area (Å²) in [5.41, 5.74) is 2.62. The van der Waals surface area contributed by atoms with Crippen molar-refractivity contribution in [2.75, 3.05) is 5.32 Å². The Morgan fingerprint density at radius 1 is 1.35 bits per heavy atom. The molecule has 90 valence electrons. The number of nitrogens with one attached hydrogen (secondary N) is 1. The zero-order valence-corrected chi connectivity index (χ0v) is 11.5. The lowest BCUT2D eigenvalue weighted by molar-refractivity contribution is 0.880. The highest BCUT2D eigenvalue weighted by Crippen LogP contribution is 2.24. The van der Waals surface area contributed by atoms with Gasteiger partial charge in [-0.2, -0.15) is 0 Å². The van der Waals surface area contributed by atoms with Crippen molar-refractivity contribution in [2.24, 2.45) is 0 Å². The molecule has 2 nitrogen and oxygen atoms in total. The average molecular weight is 267 g/mol. The molecule has 0 aliphatic heterocycles. The number of hydrogen-bond donors (Lipinski definition) is 1. The molecule has 2 rings (SSSR count). The Labute approximate surface area is 111 Å². The van der Waals surface area contributed by atoms with Gasteiger partial charge < -0.3 is 5.32 Å². The third-order valence-corrected chi connectivity index (χ3v) is 3.80. The van der Waals surface area contributed by atoms with E-state index in [-0.39, 0.29) is 6.04 Å². The first-order valence-corrected chi connectivity index (χ1v) is 6.91. The minimum absolute atomic E-state index is 0.239. The van der Waals surface area contributed by atoms with Crippen LogP contribution in [0.2, 0.25) is 5.15 Å². The van der Waals surface area contributed by atoms with Gasteiger partial charge in [0.1, 0.15) is 5.15 Å². The minimum atomic E-state index is 0.239. The normalized spacial score (nSPS) is 12.4. The van der Waals surface area contributed by atoms with Crippen LogP contribution in [0.15, 0.2) is 29.6 Å². The molecule has 17 heavy (non-hydrogen) atoms. The SMILES string of the molecule is CCc1ccc(C(C)Nc2nc(Cl)cs2)cc1. The van der Waals surface area contributed by atoms with E-state index in [1.807, 2.05) is 5.38 Å². The Bertz CT molecular complexity index is 478. The summed E-state index contributed by atoms with van der Waals surface area (Å²) < 4.78 is 0. The summed E-state index contributed by atoms with van der Waals surface area (Å²) in [5, 5.41) is 6.58. The number of hydrogen-bond acceptors (Lipinski definition) is 3. The molecule has 1 N–H and O–H groups in total. The van der Waals surface area contributed by atoms with Crippen molar-refractivity contribution in [3.8, 4) is 0 Å². The number of halogens is 1. The second-order valence-corrected chi connectivity index (χ2v) is 5.18. The van der Waals surface area contributed by atoms with Crippen molar-refractivity contribution < 1.29 is 0 Å². The lowest BCUT2D eigenvalue weighted by Crippen LogP contribution is -2.06. The summed E-state index contributed by atoms with van der Waals surface area (Å²) in [4.78, 5) is 4.18. The van der Waals surface area contributed by atoms with Gasteiger partial charge in [-0.05, 0) is 24.5 Å². The number of aromatic nitrogens is 1. The second-order valence-electron chi connectivity index (χ2n) is 3.94. The van der Waals surface area contributed by atoms with Crippen LogP contribution in [-0.4, -0.2) is 4.98 Å². The third kappa shape index (κ3) is 3.20. The summed E-state index contributed by atoms with van der Waals surface area (Å²) >= 11 is 7.31. The van der Waals surface area contributed by atoms with Crippen molar-refractivity contribution >= 4 is 28.1 Å². The van der Waals surface area contributed by atoms with E-state index in [0.717, 1.165) is 11.6 Å². The molecule has 1 aromatic carbocycles. The van der Waals surface area contributed by atoms with Crippen LogP contribution in [0, 0.1) is 0 Å². The van der Waals surface area contributed by atoms with Crippen LogP contribution < -0.4 is 5.32 Å². The zero-order valence-electron chi connectivity index (χ0n) is 9.90. The highest BCUT2D eigenvalue weighted by molar-refractivity contribution is 7.14. The molecule has 0 fully saturated rings. The molecule has 1 heterocycles. The Morgan fingerprint density at radius 3 is 2.59 bits per heavy atom. The van der Waals surface area contributed by atoms with Gasteiger partial charge >= 0.3 is 0 Å². The minimum Gasteiger partial charge on any atom is -0.355 e. The zero-order chi connectivity index (χ0) is 12.3. The molecule has 1 aromatic heterocycles. The fraction of sp³-hybridized carbons (Fsp3) is 0.308. The first kappa shape index (κ1) is 12.4. The summed E-state index contributed by atoms with van der Waals surface area (Å²) in [6.07, 6.45) is 1.07. The highest BCUT2D eigenvalue weighted by atomic mass is 35.5. The molecular weight excluding hydrogens is 252 g/mol. The van der Waals surface area contributed by atoms with Crippen molar-refractivity contribution in [2.45, 2.75) is 26.3 Å². The molecule has 0 amide bonds. The summed E-state index contributed by atoms with van der Waals surface area (Å²) in [7, 11) is 0. The van der Waals surface area contributed by atoms with E-state index < -0.39 is 0 Å². The standard InChI is InChI=1S/C13H15ClN2S/c1-3-10-4-6-11(7-5-10)9(2)15-13-16-12(14)8-17-13/h4-9H,3H2,1-2H3,(H,15,16). The predicted octanol–water partition coefficient (Wildman–Crippen LogP) is 4.53. The van der Waals surface area contributed by atoms with E-state index in [2.05, 4.69) is 48.4 Å². The van der Waals surface area contributed by atoms with E-state index in [1.165, 1.54) is 22.5 Å². The summed E-state index contributed by atoms with van der Waals surface area (Å²) in [6, 6.07) is 8.89. The fourth-order valence-electron chi connectivity index (χ4n) is 1.63. The van der Waals surface area contributed by atoms with Gasteiger partial charge in [0, 0.05) is 5.38 Å². The molecule has 1 unspecified atom stereocenters. The number of aryl methyl sites for hydroxylation is 1. The smallest absolute Gasteiger partial charge is 0.184 e. The molecule has 0 bridgehead atoms. The number of thiazole rings is 1. The van der Waals surface area contributed by atoms with Crippen molar-refractivity contribution in [3.63, 3.8) is 0 Å².